The van der Waals surface area contributed by atoms with Gasteiger partial charge >= 0.3 is 5.97 Å². The van der Waals surface area contributed by atoms with Gasteiger partial charge in [0, 0.05) is 19.3 Å². The van der Waals surface area contributed by atoms with Crippen molar-refractivity contribution in [1.82, 2.24) is 14.3 Å². The second kappa shape index (κ2) is 7.65. The van der Waals surface area contributed by atoms with Crippen molar-refractivity contribution < 1.29 is 14.3 Å². The van der Waals surface area contributed by atoms with Crippen LogP contribution in [-0.2, 0) is 17.8 Å². The SMILES string of the molecule is CCOC(=O)c1ccc2c(c1)sc(=NC(=O)c1ccn(CC)n1)n2CC. The average molecular weight is 372 g/mol. The molecule has 0 aliphatic rings. The van der Waals surface area contributed by atoms with Crippen LogP contribution >= 0.6 is 11.3 Å². The van der Waals surface area contributed by atoms with E-state index < -0.39 is 0 Å². The molecule has 0 fully saturated rings. The number of hydrogen-bond acceptors (Lipinski definition) is 5. The lowest BCUT2D eigenvalue weighted by Gasteiger charge is -2.03. The standard InChI is InChI=1S/C18H20N4O3S/c1-4-21-10-9-13(20-21)16(23)19-18-22(5-2)14-8-7-12(11-15(14)26-18)17(24)25-6-3/h7-11H,4-6H2,1-3H3. The molecule has 2 heterocycles. The zero-order chi connectivity index (χ0) is 18.7. The molecule has 0 saturated carbocycles. The lowest BCUT2D eigenvalue weighted by Crippen LogP contribution is -2.16. The second-order valence-electron chi connectivity index (χ2n) is 5.51. The van der Waals surface area contributed by atoms with Crippen LogP contribution in [0.25, 0.3) is 10.2 Å². The zero-order valence-electron chi connectivity index (χ0n) is 14.9. The van der Waals surface area contributed by atoms with Crippen LogP contribution in [-0.4, -0.2) is 32.8 Å². The molecule has 3 aromatic rings. The fourth-order valence-corrected chi connectivity index (χ4v) is 3.73. The highest BCUT2D eigenvalue weighted by molar-refractivity contribution is 7.16. The van der Waals surface area contributed by atoms with Crippen molar-refractivity contribution in [3.63, 3.8) is 0 Å². The Morgan fingerprint density at radius 2 is 2.00 bits per heavy atom. The summed E-state index contributed by atoms with van der Waals surface area (Å²) in [5, 5.41) is 4.20. The zero-order valence-corrected chi connectivity index (χ0v) is 15.7. The number of carbonyl (C=O) groups excluding carboxylic acids is 2. The normalized spacial score (nSPS) is 11.9. The van der Waals surface area contributed by atoms with Crippen molar-refractivity contribution in [2.75, 3.05) is 6.61 Å². The smallest absolute Gasteiger partial charge is 0.338 e. The van der Waals surface area contributed by atoms with Crippen molar-refractivity contribution >= 4 is 33.4 Å². The van der Waals surface area contributed by atoms with Crippen LogP contribution in [0, 0.1) is 0 Å². The number of ether oxygens (including phenoxy) is 1. The number of thiazole rings is 1. The third-order valence-electron chi connectivity index (χ3n) is 3.89. The lowest BCUT2D eigenvalue weighted by molar-refractivity contribution is 0.0526. The van der Waals surface area contributed by atoms with Gasteiger partial charge in [-0.1, -0.05) is 11.3 Å². The molecule has 2 aromatic heterocycles. The molecule has 0 spiro atoms. The Hall–Kier alpha value is -2.74. The summed E-state index contributed by atoms with van der Waals surface area (Å²) >= 11 is 1.37. The van der Waals surface area contributed by atoms with Crippen molar-refractivity contribution in [1.29, 1.82) is 0 Å². The van der Waals surface area contributed by atoms with Crippen LogP contribution in [0.3, 0.4) is 0 Å². The maximum absolute atomic E-state index is 12.4. The van der Waals surface area contributed by atoms with Crippen molar-refractivity contribution in [2.24, 2.45) is 4.99 Å². The number of nitrogens with zero attached hydrogens (tertiary/aromatic N) is 4. The third kappa shape index (κ3) is 3.45. The minimum Gasteiger partial charge on any atom is -0.462 e. The number of benzene rings is 1. The Morgan fingerprint density at radius 3 is 2.65 bits per heavy atom. The molecular weight excluding hydrogens is 352 g/mol. The number of aromatic nitrogens is 3. The van der Waals surface area contributed by atoms with Crippen molar-refractivity contribution in [3.05, 3.63) is 46.5 Å². The van der Waals surface area contributed by atoms with Gasteiger partial charge in [-0.25, -0.2) is 4.79 Å². The lowest BCUT2D eigenvalue weighted by atomic mass is 10.2. The van der Waals surface area contributed by atoms with E-state index in [9.17, 15) is 9.59 Å². The summed E-state index contributed by atoms with van der Waals surface area (Å²) in [6.07, 6.45) is 1.76. The number of fused-ring (bicyclic) bond motifs is 1. The van der Waals surface area contributed by atoms with Crippen LogP contribution < -0.4 is 4.80 Å². The molecule has 1 aromatic carbocycles. The summed E-state index contributed by atoms with van der Waals surface area (Å²) in [4.78, 5) is 29.2. The van der Waals surface area contributed by atoms with Crippen molar-refractivity contribution in [3.8, 4) is 0 Å². The molecule has 0 unspecified atom stereocenters. The topological polar surface area (TPSA) is 78.5 Å². The molecule has 0 radical (unpaired) electrons. The summed E-state index contributed by atoms with van der Waals surface area (Å²) < 4.78 is 9.56. The molecule has 0 saturated heterocycles. The van der Waals surface area contributed by atoms with Crippen LogP contribution in [0.1, 0.15) is 41.6 Å². The summed E-state index contributed by atoms with van der Waals surface area (Å²) in [6, 6.07) is 7.03. The number of amides is 1. The summed E-state index contributed by atoms with van der Waals surface area (Å²) in [5.74, 6) is -0.734. The number of carbonyl (C=O) groups is 2. The van der Waals surface area contributed by atoms with Crippen LogP contribution in [0.15, 0.2) is 35.5 Å². The minimum atomic E-state index is -0.378. The molecule has 26 heavy (non-hydrogen) atoms. The average Bonchev–Trinajstić information content (AvgIpc) is 3.25. The quantitative estimate of drug-likeness (QED) is 0.645. The van der Waals surface area contributed by atoms with E-state index in [0.717, 1.165) is 10.2 Å². The third-order valence-corrected chi connectivity index (χ3v) is 4.93. The maximum Gasteiger partial charge on any atom is 0.338 e. The van der Waals surface area contributed by atoms with E-state index in [0.29, 0.717) is 35.8 Å². The first kappa shape index (κ1) is 18.1. The Balaban J connectivity index is 2.04. The molecule has 0 N–H and O–H groups in total. The van der Waals surface area contributed by atoms with Gasteiger partial charge in [0.15, 0.2) is 10.5 Å². The highest BCUT2D eigenvalue weighted by atomic mass is 32.1. The monoisotopic (exact) mass is 372 g/mol. The largest absolute Gasteiger partial charge is 0.462 e. The highest BCUT2D eigenvalue weighted by Gasteiger charge is 2.13. The highest BCUT2D eigenvalue weighted by Crippen LogP contribution is 2.20. The van der Waals surface area contributed by atoms with Gasteiger partial charge in [0.25, 0.3) is 5.91 Å². The molecule has 0 bridgehead atoms. The molecule has 136 valence electrons. The number of hydrogen-bond donors (Lipinski definition) is 0. The molecule has 0 atom stereocenters. The van der Waals surface area contributed by atoms with Crippen LogP contribution in [0.5, 0.6) is 0 Å². The molecule has 8 heteroatoms. The summed E-state index contributed by atoms with van der Waals surface area (Å²) in [7, 11) is 0. The van der Waals surface area contributed by atoms with Gasteiger partial charge in [0.1, 0.15) is 0 Å². The predicted octanol–water partition coefficient (Wildman–Crippen LogP) is 2.86. The van der Waals surface area contributed by atoms with Gasteiger partial charge < -0.3 is 9.30 Å². The second-order valence-corrected chi connectivity index (χ2v) is 6.51. The van der Waals surface area contributed by atoms with Crippen LogP contribution in [0.4, 0.5) is 0 Å². The van der Waals surface area contributed by atoms with Crippen LogP contribution in [0.2, 0.25) is 0 Å². The first-order valence-electron chi connectivity index (χ1n) is 8.50. The first-order chi connectivity index (χ1) is 12.6. The van der Waals surface area contributed by atoms with E-state index in [1.807, 2.05) is 24.5 Å². The molecule has 0 aliphatic carbocycles. The molecule has 7 nitrogen and oxygen atoms in total. The van der Waals surface area contributed by atoms with E-state index in [1.54, 1.807) is 36.0 Å². The molecule has 0 aliphatic heterocycles. The fourth-order valence-electron chi connectivity index (χ4n) is 2.60. The van der Waals surface area contributed by atoms with Gasteiger partial charge in [-0.05, 0) is 45.0 Å². The van der Waals surface area contributed by atoms with E-state index in [1.165, 1.54) is 11.3 Å². The fraction of sp³-hybridized carbons (Fsp3) is 0.333. The minimum absolute atomic E-state index is 0.319. The summed E-state index contributed by atoms with van der Waals surface area (Å²) in [6.45, 7) is 7.40. The van der Waals surface area contributed by atoms with E-state index >= 15 is 0 Å². The van der Waals surface area contributed by atoms with Gasteiger partial charge in [-0.2, -0.15) is 10.1 Å². The Morgan fingerprint density at radius 1 is 1.19 bits per heavy atom. The van der Waals surface area contributed by atoms with E-state index in [2.05, 4.69) is 10.1 Å². The Kier molecular flexibility index (Phi) is 5.32. The van der Waals surface area contributed by atoms with Gasteiger partial charge in [-0.15, -0.1) is 0 Å². The number of aryl methyl sites for hydroxylation is 2. The van der Waals surface area contributed by atoms with E-state index in [4.69, 9.17) is 4.74 Å². The Bertz CT molecular complexity index is 1030. The number of esters is 1. The predicted molar refractivity (Wildman–Crippen MR) is 99.2 cm³/mol. The van der Waals surface area contributed by atoms with Crippen molar-refractivity contribution in [2.45, 2.75) is 33.9 Å². The summed E-state index contributed by atoms with van der Waals surface area (Å²) in [5.41, 5.74) is 1.73. The molecular formula is C18H20N4O3S. The Labute approximate surface area is 154 Å². The van der Waals surface area contributed by atoms with Gasteiger partial charge in [0.05, 0.1) is 22.4 Å². The van der Waals surface area contributed by atoms with Gasteiger partial charge in [-0.3, -0.25) is 9.48 Å². The first-order valence-corrected chi connectivity index (χ1v) is 9.32. The molecule has 3 rings (SSSR count). The molecule has 1 amide bonds. The maximum atomic E-state index is 12.4. The van der Waals surface area contributed by atoms with E-state index in [-0.39, 0.29) is 11.9 Å². The van der Waals surface area contributed by atoms with Gasteiger partial charge in [0.2, 0.25) is 0 Å². The number of rotatable bonds is 5.